The van der Waals surface area contributed by atoms with Crippen LogP contribution >= 0.6 is 0 Å². The lowest BCUT2D eigenvalue weighted by atomic mass is 10.0. The number of carbonyl (C=O) groups excluding carboxylic acids is 1. The second kappa shape index (κ2) is 6.04. The van der Waals surface area contributed by atoms with E-state index in [4.69, 9.17) is 4.42 Å². The second-order valence-electron chi connectivity index (χ2n) is 6.02. The maximum absolute atomic E-state index is 12.8. The Labute approximate surface area is 131 Å². The van der Waals surface area contributed by atoms with E-state index < -0.39 is 16.1 Å². The average Bonchev–Trinajstić information content (AvgIpc) is 3.18. The summed E-state index contributed by atoms with van der Waals surface area (Å²) >= 11 is 0. The van der Waals surface area contributed by atoms with Gasteiger partial charge in [-0.05, 0) is 44.7 Å². The van der Waals surface area contributed by atoms with Crippen molar-refractivity contribution in [2.45, 2.75) is 50.2 Å². The lowest BCUT2D eigenvalue weighted by Crippen LogP contribution is -2.52. The predicted octanol–water partition coefficient (Wildman–Crippen LogP) is 1.75. The number of hydrogen-bond acceptors (Lipinski definition) is 4. The molecule has 3 rings (SSSR count). The third kappa shape index (κ3) is 2.79. The second-order valence-corrected chi connectivity index (χ2v) is 7.85. The SMILES string of the molecule is Cc1ccc(S(=O)(=O)N2CCCC[C@H]2C(=O)N2CCCC2)o1. The minimum atomic E-state index is -3.75. The summed E-state index contributed by atoms with van der Waals surface area (Å²) in [5, 5.41) is -0.0638. The van der Waals surface area contributed by atoms with Crippen molar-refractivity contribution in [3.05, 3.63) is 17.9 Å². The molecule has 1 atom stereocenters. The van der Waals surface area contributed by atoms with E-state index in [0.717, 1.165) is 38.8 Å². The standard InChI is InChI=1S/C15H22N2O4S/c1-12-7-8-14(21-12)22(19,20)17-11-3-2-6-13(17)15(18)16-9-4-5-10-16/h7-8,13H,2-6,9-11H2,1H3/t13-/m0/s1. The monoisotopic (exact) mass is 326 g/mol. The molecule has 122 valence electrons. The van der Waals surface area contributed by atoms with Crippen molar-refractivity contribution in [3.63, 3.8) is 0 Å². The number of piperidine rings is 1. The lowest BCUT2D eigenvalue weighted by molar-refractivity contribution is -0.135. The van der Waals surface area contributed by atoms with Crippen LogP contribution in [0.15, 0.2) is 21.6 Å². The van der Waals surface area contributed by atoms with Gasteiger partial charge in [0.1, 0.15) is 11.8 Å². The van der Waals surface area contributed by atoms with Gasteiger partial charge in [-0.3, -0.25) is 4.79 Å². The van der Waals surface area contributed by atoms with Crippen molar-refractivity contribution in [2.75, 3.05) is 19.6 Å². The maximum atomic E-state index is 12.8. The summed E-state index contributed by atoms with van der Waals surface area (Å²) in [6.45, 7) is 3.57. The average molecular weight is 326 g/mol. The zero-order chi connectivity index (χ0) is 15.7. The number of hydrogen-bond donors (Lipinski definition) is 0. The van der Waals surface area contributed by atoms with Crippen molar-refractivity contribution in [1.82, 2.24) is 9.21 Å². The Morgan fingerprint density at radius 1 is 1.14 bits per heavy atom. The van der Waals surface area contributed by atoms with Crippen LogP contribution in [0.1, 0.15) is 37.9 Å². The van der Waals surface area contributed by atoms with Gasteiger partial charge in [0.2, 0.25) is 11.0 Å². The highest BCUT2D eigenvalue weighted by atomic mass is 32.2. The van der Waals surface area contributed by atoms with Gasteiger partial charge in [0.15, 0.2) is 0 Å². The summed E-state index contributed by atoms with van der Waals surface area (Å²) in [6, 6.07) is 2.52. The molecule has 2 aliphatic rings. The van der Waals surface area contributed by atoms with Crippen LogP contribution in [0, 0.1) is 6.92 Å². The fourth-order valence-corrected chi connectivity index (χ4v) is 4.86. The summed E-state index contributed by atoms with van der Waals surface area (Å²) in [6.07, 6.45) is 4.26. The molecule has 0 spiro atoms. The number of furan rings is 1. The lowest BCUT2D eigenvalue weighted by Gasteiger charge is -2.35. The first-order valence-electron chi connectivity index (χ1n) is 7.87. The Morgan fingerprint density at radius 2 is 1.82 bits per heavy atom. The van der Waals surface area contributed by atoms with Gasteiger partial charge in [0.05, 0.1) is 0 Å². The number of carbonyl (C=O) groups is 1. The first-order valence-corrected chi connectivity index (χ1v) is 9.31. The number of amides is 1. The van der Waals surface area contributed by atoms with Crippen molar-refractivity contribution in [2.24, 2.45) is 0 Å². The summed E-state index contributed by atoms with van der Waals surface area (Å²) in [7, 11) is -3.75. The van der Waals surface area contributed by atoms with Crippen molar-refractivity contribution in [1.29, 1.82) is 0 Å². The Bertz CT molecular complexity index is 646. The molecule has 22 heavy (non-hydrogen) atoms. The zero-order valence-corrected chi connectivity index (χ0v) is 13.6. The number of rotatable bonds is 3. The predicted molar refractivity (Wildman–Crippen MR) is 80.8 cm³/mol. The fraction of sp³-hybridized carbons (Fsp3) is 0.667. The Morgan fingerprint density at radius 3 is 2.45 bits per heavy atom. The molecule has 7 heteroatoms. The minimum Gasteiger partial charge on any atom is -0.449 e. The normalized spacial score (nSPS) is 23.9. The van der Waals surface area contributed by atoms with Crippen molar-refractivity contribution < 1.29 is 17.6 Å². The van der Waals surface area contributed by atoms with Crippen LogP contribution < -0.4 is 0 Å². The smallest absolute Gasteiger partial charge is 0.277 e. The highest BCUT2D eigenvalue weighted by Gasteiger charge is 2.41. The maximum Gasteiger partial charge on any atom is 0.277 e. The minimum absolute atomic E-state index is 0.0518. The van der Waals surface area contributed by atoms with Gasteiger partial charge < -0.3 is 9.32 Å². The molecule has 6 nitrogen and oxygen atoms in total. The van der Waals surface area contributed by atoms with Crippen LogP contribution in [-0.4, -0.2) is 49.2 Å². The van der Waals surface area contributed by atoms with E-state index in [-0.39, 0.29) is 11.0 Å². The van der Waals surface area contributed by atoms with E-state index in [1.54, 1.807) is 17.9 Å². The van der Waals surface area contributed by atoms with E-state index >= 15 is 0 Å². The molecule has 2 saturated heterocycles. The molecule has 0 bridgehead atoms. The highest BCUT2D eigenvalue weighted by Crippen LogP contribution is 2.28. The summed E-state index contributed by atoms with van der Waals surface area (Å²) in [5.74, 6) is 0.502. The Balaban J connectivity index is 1.87. The fourth-order valence-electron chi connectivity index (χ4n) is 3.25. The van der Waals surface area contributed by atoms with Crippen LogP contribution in [0.2, 0.25) is 0 Å². The number of nitrogens with zero attached hydrogens (tertiary/aromatic N) is 2. The van der Waals surface area contributed by atoms with Gasteiger partial charge in [0, 0.05) is 19.6 Å². The van der Waals surface area contributed by atoms with Crippen LogP contribution in [0.5, 0.6) is 0 Å². The van der Waals surface area contributed by atoms with E-state index in [9.17, 15) is 13.2 Å². The molecule has 2 fully saturated rings. The van der Waals surface area contributed by atoms with Gasteiger partial charge in [-0.15, -0.1) is 0 Å². The van der Waals surface area contributed by atoms with Gasteiger partial charge in [-0.1, -0.05) is 6.42 Å². The van der Waals surface area contributed by atoms with E-state index in [2.05, 4.69) is 0 Å². The Kier molecular flexibility index (Phi) is 4.27. The summed E-state index contributed by atoms with van der Waals surface area (Å²) in [5.41, 5.74) is 0. The molecule has 1 aromatic heterocycles. The topological polar surface area (TPSA) is 70.8 Å². The van der Waals surface area contributed by atoms with E-state index in [1.807, 2.05) is 0 Å². The quantitative estimate of drug-likeness (QED) is 0.848. The number of sulfonamides is 1. The van der Waals surface area contributed by atoms with Crippen LogP contribution in [0.25, 0.3) is 0 Å². The summed E-state index contributed by atoms with van der Waals surface area (Å²) < 4.78 is 32.2. The third-order valence-corrected chi connectivity index (χ3v) is 6.22. The van der Waals surface area contributed by atoms with Gasteiger partial charge in [-0.25, -0.2) is 8.42 Å². The number of aryl methyl sites for hydroxylation is 1. The van der Waals surface area contributed by atoms with E-state index in [0.29, 0.717) is 18.7 Å². The Hall–Kier alpha value is -1.34. The molecular weight excluding hydrogens is 304 g/mol. The molecule has 0 unspecified atom stereocenters. The highest BCUT2D eigenvalue weighted by molar-refractivity contribution is 7.89. The molecule has 1 amide bonds. The van der Waals surface area contributed by atoms with Crippen molar-refractivity contribution in [3.8, 4) is 0 Å². The largest absolute Gasteiger partial charge is 0.449 e. The van der Waals surface area contributed by atoms with Gasteiger partial charge in [-0.2, -0.15) is 4.31 Å². The first-order chi connectivity index (χ1) is 10.5. The molecule has 0 saturated carbocycles. The molecular formula is C15H22N2O4S. The van der Waals surface area contributed by atoms with Crippen LogP contribution in [0.4, 0.5) is 0 Å². The molecule has 3 heterocycles. The molecule has 1 aromatic rings. The van der Waals surface area contributed by atoms with Gasteiger partial charge >= 0.3 is 0 Å². The third-order valence-electron chi connectivity index (χ3n) is 4.44. The molecule has 2 aliphatic heterocycles. The zero-order valence-electron chi connectivity index (χ0n) is 12.8. The van der Waals surface area contributed by atoms with E-state index in [1.165, 1.54) is 10.4 Å². The van der Waals surface area contributed by atoms with Crippen LogP contribution in [-0.2, 0) is 14.8 Å². The summed E-state index contributed by atoms with van der Waals surface area (Å²) in [4.78, 5) is 14.5. The molecule has 0 aromatic carbocycles. The molecule has 0 N–H and O–H groups in total. The van der Waals surface area contributed by atoms with Gasteiger partial charge in [0.25, 0.3) is 10.0 Å². The molecule has 0 aliphatic carbocycles. The van der Waals surface area contributed by atoms with Crippen LogP contribution in [0.3, 0.4) is 0 Å². The van der Waals surface area contributed by atoms with Crippen molar-refractivity contribution >= 4 is 15.9 Å². The number of likely N-dealkylation sites (tertiary alicyclic amines) is 1. The first kappa shape index (κ1) is 15.6. The molecule has 0 radical (unpaired) electrons.